The SMILES string of the molecule is NC(=S)c1cscc1C(F)(F)F. The fourth-order valence-corrected chi connectivity index (χ4v) is 1.81. The van der Waals surface area contributed by atoms with Crippen molar-refractivity contribution >= 4 is 28.5 Å². The molecule has 1 aromatic heterocycles. The molecule has 0 atom stereocenters. The lowest BCUT2D eigenvalue weighted by atomic mass is 10.2. The van der Waals surface area contributed by atoms with Crippen LogP contribution >= 0.6 is 23.6 Å². The highest BCUT2D eigenvalue weighted by atomic mass is 32.1. The Kier molecular flexibility index (Phi) is 2.39. The highest BCUT2D eigenvalue weighted by Gasteiger charge is 2.34. The van der Waals surface area contributed by atoms with Gasteiger partial charge in [-0.3, -0.25) is 0 Å². The zero-order valence-corrected chi connectivity index (χ0v) is 7.32. The van der Waals surface area contributed by atoms with Gasteiger partial charge >= 0.3 is 6.18 Å². The number of halogens is 3. The van der Waals surface area contributed by atoms with Crippen LogP contribution in [-0.2, 0) is 6.18 Å². The molecule has 1 aromatic rings. The smallest absolute Gasteiger partial charge is 0.389 e. The molecule has 0 unspecified atom stereocenters. The molecule has 0 radical (unpaired) electrons. The molecule has 12 heavy (non-hydrogen) atoms. The second-order valence-electron chi connectivity index (χ2n) is 2.06. The monoisotopic (exact) mass is 211 g/mol. The molecule has 1 rings (SSSR count). The molecule has 0 fully saturated rings. The second-order valence-corrected chi connectivity index (χ2v) is 3.24. The van der Waals surface area contributed by atoms with Crippen molar-refractivity contribution in [3.05, 3.63) is 21.9 Å². The summed E-state index contributed by atoms with van der Waals surface area (Å²) in [6, 6.07) is 0. The molecule has 0 aliphatic heterocycles. The Bertz CT molecular complexity index is 302. The molecule has 0 saturated carbocycles. The molecule has 2 N–H and O–H groups in total. The van der Waals surface area contributed by atoms with E-state index in [2.05, 4.69) is 12.2 Å². The fourth-order valence-electron chi connectivity index (χ4n) is 0.707. The van der Waals surface area contributed by atoms with Crippen LogP contribution in [0.3, 0.4) is 0 Å². The van der Waals surface area contributed by atoms with Gasteiger partial charge in [-0.15, -0.1) is 0 Å². The van der Waals surface area contributed by atoms with Crippen molar-refractivity contribution in [3.8, 4) is 0 Å². The first-order chi connectivity index (χ1) is 5.43. The number of thiophene rings is 1. The van der Waals surface area contributed by atoms with Gasteiger partial charge in [0.2, 0.25) is 0 Å². The number of alkyl halides is 3. The van der Waals surface area contributed by atoms with Gasteiger partial charge in [-0.1, -0.05) is 12.2 Å². The fraction of sp³-hybridized carbons (Fsp3) is 0.167. The van der Waals surface area contributed by atoms with E-state index in [1.807, 2.05) is 0 Å². The molecule has 1 nitrogen and oxygen atoms in total. The molecule has 0 amide bonds. The summed E-state index contributed by atoms with van der Waals surface area (Å²) >= 11 is 5.39. The average Bonchev–Trinajstić information content (AvgIpc) is 2.30. The summed E-state index contributed by atoms with van der Waals surface area (Å²) in [6.45, 7) is 0. The van der Waals surface area contributed by atoms with E-state index in [-0.39, 0.29) is 10.6 Å². The summed E-state index contributed by atoms with van der Waals surface area (Å²) < 4.78 is 36.4. The lowest BCUT2D eigenvalue weighted by Gasteiger charge is -2.05. The second kappa shape index (κ2) is 3.02. The van der Waals surface area contributed by atoms with Gasteiger partial charge in [-0.2, -0.15) is 24.5 Å². The first-order valence-electron chi connectivity index (χ1n) is 2.86. The van der Waals surface area contributed by atoms with E-state index < -0.39 is 11.7 Å². The molecule has 6 heteroatoms. The van der Waals surface area contributed by atoms with E-state index >= 15 is 0 Å². The van der Waals surface area contributed by atoms with E-state index in [1.165, 1.54) is 5.38 Å². The summed E-state index contributed by atoms with van der Waals surface area (Å²) in [5.74, 6) is 0. The predicted molar refractivity (Wildman–Crippen MR) is 45.2 cm³/mol. The van der Waals surface area contributed by atoms with Crippen LogP contribution in [0.2, 0.25) is 0 Å². The van der Waals surface area contributed by atoms with Crippen molar-refractivity contribution in [1.82, 2.24) is 0 Å². The zero-order chi connectivity index (χ0) is 9.35. The first-order valence-corrected chi connectivity index (χ1v) is 4.21. The van der Waals surface area contributed by atoms with Crippen LogP contribution in [0.4, 0.5) is 13.2 Å². The van der Waals surface area contributed by atoms with Crippen LogP contribution in [0.15, 0.2) is 10.8 Å². The topological polar surface area (TPSA) is 26.0 Å². The van der Waals surface area contributed by atoms with Crippen molar-refractivity contribution in [2.45, 2.75) is 6.18 Å². The highest BCUT2D eigenvalue weighted by molar-refractivity contribution is 7.80. The van der Waals surface area contributed by atoms with Crippen LogP contribution in [0, 0.1) is 0 Å². The number of nitrogens with two attached hydrogens (primary N) is 1. The number of thiocarbonyl (C=S) groups is 1. The number of hydrogen-bond acceptors (Lipinski definition) is 2. The van der Waals surface area contributed by atoms with Gasteiger partial charge in [0.25, 0.3) is 0 Å². The van der Waals surface area contributed by atoms with Gasteiger partial charge in [-0.25, -0.2) is 0 Å². The van der Waals surface area contributed by atoms with Gasteiger partial charge in [0.15, 0.2) is 0 Å². The molecule has 0 spiro atoms. The van der Waals surface area contributed by atoms with Crippen molar-refractivity contribution in [1.29, 1.82) is 0 Å². The van der Waals surface area contributed by atoms with Gasteiger partial charge < -0.3 is 5.73 Å². The standard InChI is InChI=1S/C6H4F3NS2/c7-6(8,9)4-2-12-1-3(4)5(10)11/h1-2H,(H2,10,11). The van der Waals surface area contributed by atoms with Crippen molar-refractivity contribution in [2.75, 3.05) is 0 Å². The summed E-state index contributed by atoms with van der Waals surface area (Å²) in [5, 5.41) is 2.29. The zero-order valence-electron chi connectivity index (χ0n) is 5.68. The Morgan fingerprint density at radius 2 is 2.00 bits per heavy atom. The average molecular weight is 211 g/mol. The van der Waals surface area contributed by atoms with E-state index in [0.29, 0.717) is 0 Å². The highest BCUT2D eigenvalue weighted by Crippen LogP contribution is 2.33. The Balaban J connectivity index is 3.17. The maximum Gasteiger partial charge on any atom is 0.417 e. The van der Waals surface area contributed by atoms with Crippen molar-refractivity contribution in [2.24, 2.45) is 5.73 Å². The maximum atomic E-state index is 12.1. The van der Waals surface area contributed by atoms with Crippen LogP contribution in [0.1, 0.15) is 11.1 Å². The van der Waals surface area contributed by atoms with E-state index in [9.17, 15) is 13.2 Å². The minimum atomic E-state index is -4.36. The van der Waals surface area contributed by atoms with Crippen molar-refractivity contribution in [3.63, 3.8) is 0 Å². The third-order valence-electron chi connectivity index (χ3n) is 1.23. The predicted octanol–water partition coefficient (Wildman–Crippen LogP) is 2.40. The van der Waals surface area contributed by atoms with E-state index in [1.54, 1.807) is 0 Å². The maximum absolute atomic E-state index is 12.1. The van der Waals surface area contributed by atoms with Crippen LogP contribution < -0.4 is 5.73 Å². The van der Waals surface area contributed by atoms with Gasteiger partial charge in [-0.05, 0) is 0 Å². The van der Waals surface area contributed by atoms with Crippen molar-refractivity contribution < 1.29 is 13.2 Å². The summed E-state index contributed by atoms with van der Waals surface area (Å²) in [7, 11) is 0. The lowest BCUT2D eigenvalue weighted by Crippen LogP contribution is -2.15. The molecule has 1 heterocycles. The quantitative estimate of drug-likeness (QED) is 0.722. The minimum Gasteiger partial charge on any atom is -0.389 e. The van der Waals surface area contributed by atoms with Gasteiger partial charge in [0.1, 0.15) is 4.99 Å². The summed E-state index contributed by atoms with van der Waals surface area (Å²) in [5.41, 5.74) is 4.25. The molecule has 0 aromatic carbocycles. The molecular weight excluding hydrogens is 207 g/mol. The Labute approximate surface area is 76.0 Å². The molecule has 0 bridgehead atoms. The summed E-state index contributed by atoms with van der Waals surface area (Å²) in [6.07, 6.45) is -4.36. The summed E-state index contributed by atoms with van der Waals surface area (Å²) in [4.78, 5) is -0.219. The largest absolute Gasteiger partial charge is 0.417 e. The van der Waals surface area contributed by atoms with Crippen LogP contribution in [-0.4, -0.2) is 4.99 Å². The van der Waals surface area contributed by atoms with E-state index in [4.69, 9.17) is 5.73 Å². The third kappa shape index (κ3) is 1.75. The molecular formula is C6H4F3NS2. The Morgan fingerprint density at radius 1 is 1.42 bits per heavy atom. The lowest BCUT2D eigenvalue weighted by molar-refractivity contribution is -0.137. The Morgan fingerprint density at radius 3 is 2.33 bits per heavy atom. The molecule has 0 saturated heterocycles. The molecule has 0 aliphatic carbocycles. The van der Waals surface area contributed by atoms with Gasteiger partial charge in [0, 0.05) is 16.3 Å². The van der Waals surface area contributed by atoms with Crippen LogP contribution in [0.5, 0.6) is 0 Å². The number of hydrogen-bond donors (Lipinski definition) is 1. The van der Waals surface area contributed by atoms with Crippen LogP contribution in [0.25, 0.3) is 0 Å². The normalized spacial score (nSPS) is 11.6. The first kappa shape index (κ1) is 9.47. The third-order valence-corrected chi connectivity index (χ3v) is 2.20. The minimum absolute atomic E-state index is 0.0949. The van der Waals surface area contributed by atoms with E-state index in [0.717, 1.165) is 16.7 Å². The molecule has 0 aliphatic rings. The molecule has 66 valence electrons. The Hall–Kier alpha value is -0.620. The number of rotatable bonds is 1. The van der Waals surface area contributed by atoms with Gasteiger partial charge in [0.05, 0.1) is 5.56 Å².